The monoisotopic (exact) mass is 412 g/mol. The standard InChI is InChI=1S/C23H28N2O5/c1-4-29-20-12-10-19(11-13-20)23(28)25-15-21(26)30-17(3)22(27)24-14-16(2)18-8-6-5-7-9-18/h5-13,16-17H,4,14-15H2,1-3H3,(H,24,27)(H,25,28)/t16-,17-/m0/s1. The minimum atomic E-state index is -0.956. The van der Waals surface area contributed by atoms with Gasteiger partial charge >= 0.3 is 5.97 Å². The van der Waals surface area contributed by atoms with Gasteiger partial charge in [-0.05, 0) is 49.6 Å². The van der Waals surface area contributed by atoms with Gasteiger partial charge < -0.3 is 20.1 Å². The highest BCUT2D eigenvalue weighted by Crippen LogP contribution is 2.13. The zero-order valence-electron chi connectivity index (χ0n) is 17.5. The predicted molar refractivity (Wildman–Crippen MR) is 113 cm³/mol. The fourth-order valence-electron chi connectivity index (χ4n) is 2.71. The van der Waals surface area contributed by atoms with Crippen LogP contribution in [0, 0.1) is 0 Å². The van der Waals surface area contributed by atoms with E-state index in [-0.39, 0.29) is 18.4 Å². The lowest BCUT2D eigenvalue weighted by Gasteiger charge is -2.17. The minimum absolute atomic E-state index is 0.131. The van der Waals surface area contributed by atoms with E-state index in [0.717, 1.165) is 5.56 Å². The van der Waals surface area contributed by atoms with Crippen LogP contribution in [0.4, 0.5) is 0 Å². The van der Waals surface area contributed by atoms with Crippen molar-refractivity contribution >= 4 is 17.8 Å². The second-order valence-corrected chi connectivity index (χ2v) is 6.83. The highest BCUT2D eigenvalue weighted by atomic mass is 16.5. The van der Waals surface area contributed by atoms with Gasteiger partial charge in [0.05, 0.1) is 6.61 Å². The molecule has 0 aliphatic rings. The van der Waals surface area contributed by atoms with Gasteiger partial charge in [0.1, 0.15) is 12.3 Å². The van der Waals surface area contributed by atoms with Crippen LogP contribution in [0.1, 0.15) is 42.6 Å². The fourth-order valence-corrected chi connectivity index (χ4v) is 2.71. The number of amides is 2. The number of esters is 1. The molecule has 0 heterocycles. The first kappa shape index (κ1) is 22.9. The molecule has 0 unspecified atom stereocenters. The molecule has 0 aromatic heterocycles. The molecule has 7 heteroatoms. The summed E-state index contributed by atoms with van der Waals surface area (Å²) in [6, 6.07) is 16.4. The van der Waals surface area contributed by atoms with Gasteiger partial charge in [-0.2, -0.15) is 0 Å². The molecule has 30 heavy (non-hydrogen) atoms. The van der Waals surface area contributed by atoms with Crippen molar-refractivity contribution in [2.24, 2.45) is 0 Å². The quantitative estimate of drug-likeness (QED) is 0.585. The third-order valence-corrected chi connectivity index (χ3v) is 4.45. The van der Waals surface area contributed by atoms with Crippen molar-refractivity contribution in [3.63, 3.8) is 0 Å². The van der Waals surface area contributed by atoms with Crippen molar-refractivity contribution < 1.29 is 23.9 Å². The van der Waals surface area contributed by atoms with E-state index >= 15 is 0 Å². The zero-order valence-corrected chi connectivity index (χ0v) is 17.5. The highest BCUT2D eigenvalue weighted by molar-refractivity contribution is 5.96. The minimum Gasteiger partial charge on any atom is -0.494 e. The Balaban J connectivity index is 1.72. The second-order valence-electron chi connectivity index (χ2n) is 6.83. The van der Waals surface area contributed by atoms with Gasteiger partial charge in [-0.25, -0.2) is 0 Å². The molecule has 2 rings (SSSR count). The summed E-state index contributed by atoms with van der Waals surface area (Å²) in [7, 11) is 0. The topological polar surface area (TPSA) is 93.7 Å². The predicted octanol–water partition coefficient (Wildman–Crippen LogP) is 2.67. The van der Waals surface area contributed by atoms with E-state index in [0.29, 0.717) is 24.5 Å². The molecule has 0 saturated carbocycles. The van der Waals surface area contributed by atoms with E-state index in [1.165, 1.54) is 6.92 Å². The first-order valence-electron chi connectivity index (χ1n) is 9.94. The van der Waals surface area contributed by atoms with E-state index in [4.69, 9.17) is 9.47 Å². The number of nitrogens with one attached hydrogen (secondary N) is 2. The van der Waals surface area contributed by atoms with Gasteiger partial charge in [0, 0.05) is 12.1 Å². The normalized spacial score (nSPS) is 12.4. The second kappa shape index (κ2) is 11.6. The molecule has 2 amide bonds. The number of carbonyl (C=O) groups is 3. The largest absolute Gasteiger partial charge is 0.494 e. The molecular weight excluding hydrogens is 384 g/mol. The smallest absolute Gasteiger partial charge is 0.326 e. The van der Waals surface area contributed by atoms with Gasteiger partial charge in [0.2, 0.25) is 0 Å². The SMILES string of the molecule is CCOc1ccc(C(=O)NCC(=O)O[C@@H](C)C(=O)NC[C@H](C)c2ccccc2)cc1. The molecule has 2 aromatic rings. The maximum Gasteiger partial charge on any atom is 0.326 e. The molecule has 0 aliphatic carbocycles. The summed E-state index contributed by atoms with van der Waals surface area (Å²) in [4.78, 5) is 36.2. The summed E-state index contributed by atoms with van der Waals surface area (Å²) in [5, 5.41) is 5.26. The van der Waals surface area contributed by atoms with Crippen LogP contribution in [-0.4, -0.2) is 43.6 Å². The summed E-state index contributed by atoms with van der Waals surface area (Å²) in [5.41, 5.74) is 1.51. The van der Waals surface area contributed by atoms with Crippen LogP contribution < -0.4 is 15.4 Å². The van der Waals surface area contributed by atoms with Gasteiger partial charge in [-0.1, -0.05) is 37.3 Å². The third-order valence-electron chi connectivity index (χ3n) is 4.45. The van der Waals surface area contributed by atoms with Gasteiger partial charge in [0.15, 0.2) is 6.10 Å². The summed E-state index contributed by atoms with van der Waals surface area (Å²) < 4.78 is 10.4. The Morgan fingerprint density at radius 1 is 0.933 bits per heavy atom. The Morgan fingerprint density at radius 2 is 1.60 bits per heavy atom. The summed E-state index contributed by atoms with van der Waals surface area (Å²) >= 11 is 0. The molecule has 7 nitrogen and oxygen atoms in total. The number of benzene rings is 2. The maximum atomic E-state index is 12.2. The zero-order chi connectivity index (χ0) is 21.9. The Morgan fingerprint density at radius 3 is 2.23 bits per heavy atom. The fraction of sp³-hybridized carbons (Fsp3) is 0.348. The van der Waals surface area contributed by atoms with Crippen molar-refractivity contribution in [1.29, 1.82) is 0 Å². The van der Waals surface area contributed by atoms with E-state index in [2.05, 4.69) is 10.6 Å². The number of carbonyl (C=O) groups excluding carboxylic acids is 3. The highest BCUT2D eigenvalue weighted by Gasteiger charge is 2.19. The molecule has 2 atom stereocenters. The summed E-state index contributed by atoms with van der Waals surface area (Å²) in [6.45, 7) is 6.01. The number of rotatable bonds is 10. The van der Waals surface area contributed by atoms with E-state index < -0.39 is 18.0 Å². The number of hydrogen-bond acceptors (Lipinski definition) is 5. The van der Waals surface area contributed by atoms with Crippen LogP contribution in [0.25, 0.3) is 0 Å². The average Bonchev–Trinajstić information content (AvgIpc) is 2.76. The number of hydrogen-bond donors (Lipinski definition) is 2. The molecular formula is C23H28N2O5. The Hall–Kier alpha value is -3.35. The van der Waals surface area contributed by atoms with Crippen LogP contribution in [0.3, 0.4) is 0 Å². The maximum absolute atomic E-state index is 12.2. The lowest BCUT2D eigenvalue weighted by molar-refractivity contribution is -0.153. The summed E-state index contributed by atoms with van der Waals surface area (Å²) in [6.07, 6.45) is -0.956. The van der Waals surface area contributed by atoms with Crippen LogP contribution >= 0.6 is 0 Å². The first-order chi connectivity index (χ1) is 14.4. The number of ether oxygens (including phenoxy) is 2. The molecule has 0 radical (unpaired) electrons. The van der Waals surface area contributed by atoms with Crippen molar-refractivity contribution in [3.05, 3.63) is 65.7 Å². The van der Waals surface area contributed by atoms with Crippen LogP contribution in [-0.2, 0) is 14.3 Å². The molecule has 0 spiro atoms. The van der Waals surface area contributed by atoms with E-state index in [1.807, 2.05) is 44.2 Å². The van der Waals surface area contributed by atoms with Crippen LogP contribution in [0.2, 0.25) is 0 Å². The Bertz CT molecular complexity index is 836. The molecule has 0 aliphatic heterocycles. The summed E-state index contributed by atoms with van der Waals surface area (Å²) in [5.74, 6) is -0.692. The lowest BCUT2D eigenvalue weighted by Crippen LogP contribution is -2.39. The van der Waals surface area contributed by atoms with Gasteiger partial charge in [-0.3, -0.25) is 14.4 Å². The van der Waals surface area contributed by atoms with E-state index in [9.17, 15) is 14.4 Å². The van der Waals surface area contributed by atoms with E-state index in [1.54, 1.807) is 24.3 Å². The molecule has 160 valence electrons. The van der Waals surface area contributed by atoms with Crippen molar-refractivity contribution in [3.8, 4) is 5.75 Å². The molecule has 0 bridgehead atoms. The molecule has 0 saturated heterocycles. The van der Waals surface area contributed by atoms with Gasteiger partial charge in [0.25, 0.3) is 11.8 Å². The lowest BCUT2D eigenvalue weighted by atomic mass is 10.0. The van der Waals surface area contributed by atoms with Crippen LogP contribution in [0.15, 0.2) is 54.6 Å². The Kier molecular flexibility index (Phi) is 8.87. The van der Waals surface area contributed by atoms with Crippen molar-refractivity contribution in [1.82, 2.24) is 10.6 Å². The molecule has 2 N–H and O–H groups in total. The third kappa shape index (κ3) is 7.24. The Labute approximate surface area is 176 Å². The first-order valence-corrected chi connectivity index (χ1v) is 9.94. The molecule has 2 aromatic carbocycles. The van der Waals surface area contributed by atoms with Crippen molar-refractivity contribution in [2.75, 3.05) is 19.7 Å². The van der Waals surface area contributed by atoms with Crippen molar-refractivity contribution in [2.45, 2.75) is 32.8 Å². The molecule has 0 fully saturated rings. The van der Waals surface area contributed by atoms with Crippen LogP contribution in [0.5, 0.6) is 5.75 Å². The average molecular weight is 412 g/mol. The van der Waals surface area contributed by atoms with Gasteiger partial charge in [-0.15, -0.1) is 0 Å².